The first-order chi connectivity index (χ1) is 15.6. The Hall–Kier alpha value is -3.03. The van der Waals surface area contributed by atoms with Crippen LogP contribution in [0.2, 0.25) is 0 Å². The number of amides is 2. The van der Waals surface area contributed by atoms with E-state index in [1.165, 1.54) is 12.8 Å². The number of hydrogen-bond acceptors (Lipinski definition) is 5. The van der Waals surface area contributed by atoms with E-state index in [9.17, 15) is 14.4 Å². The molecule has 1 N–H and O–H groups in total. The monoisotopic (exact) mass is 435 g/mol. The lowest BCUT2D eigenvalue weighted by Crippen LogP contribution is -2.40. The lowest BCUT2D eigenvalue weighted by molar-refractivity contribution is -0.133. The Morgan fingerprint density at radius 3 is 2.62 bits per heavy atom. The molecular weight excluding hydrogens is 406 g/mol. The van der Waals surface area contributed by atoms with Gasteiger partial charge in [-0.3, -0.25) is 19.4 Å². The van der Waals surface area contributed by atoms with E-state index in [-0.39, 0.29) is 23.4 Å². The number of likely N-dealkylation sites (tertiary alicyclic amines) is 1. The highest BCUT2D eigenvalue weighted by atomic mass is 16.2. The van der Waals surface area contributed by atoms with Gasteiger partial charge < -0.3 is 14.8 Å². The van der Waals surface area contributed by atoms with Gasteiger partial charge in [0, 0.05) is 43.0 Å². The lowest BCUT2D eigenvalue weighted by Gasteiger charge is -2.29. The van der Waals surface area contributed by atoms with Crippen LogP contribution >= 0.6 is 0 Å². The standard InChI is InChI=1S/C24H29N5O3/c30-21(14-16-4-1-2-5-16)29-12-3-6-20(29)22-26-19-15-28(13-9-18(19)23(31)27-22)24(32)17-7-10-25-11-8-17/h7-8,10-11,16,20H,1-6,9,12-15H2,(H,26,27,31)/t20-/m0/s1. The maximum absolute atomic E-state index is 13.0. The highest BCUT2D eigenvalue weighted by Crippen LogP contribution is 2.34. The molecule has 8 heteroatoms. The van der Waals surface area contributed by atoms with Gasteiger partial charge in [-0.25, -0.2) is 4.98 Å². The number of carbonyl (C=O) groups is 2. The zero-order valence-electron chi connectivity index (χ0n) is 18.3. The van der Waals surface area contributed by atoms with E-state index in [1.807, 2.05) is 4.90 Å². The fraction of sp³-hybridized carbons (Fsp3) is 0.542. The molecule has 2 aromatic rings. The van der Waals surface area contributed by atoms with E-state index in [0.29, 0.717) is 61.0 Å². The summed E-state index contributed by atoms with van der Waals surface area (Å²) in [6.07, 6.45) is 10.7. The molecule has 32 heavy (non-hydrogen) atoms. The van der Waals surface area contributed by atoms with Crippen LogP contribution in [0.15, 0.2) is 29.3 Å². The highest BCUT2D eigenvalue weighted by Gasteiger charge is 2.34. The van der Waals surface area contributed by atoms with Gasteiger partial charge in [-0.1, -0.05) is 12.8 Å². The zero-order chi connectivity index (χ0) is 22.1. The van der Waals surface area contributed by atoms with Crippen LogP contribution in [0.25, 0.3) is 0 Å². The van der Waals surface area contributed by atoms with Crippen molar-refractivity contribution in [1.82, 2.24) is 24.8 Å². The van der Waals surface area contributed by atoms with E-state index < -0.39 is 0 Å². The van der Waals surface area contributed by atoms with E-state index in [4.69, 9.17) is 4.98 Å². The molecule has 2 aliphatic heterocycles. The molecule has 1 atom stereocenters. The number of H-pyrrole nitrogens is 1. The third-order valence-corrected chi connectivity index (χ3v) is 7.13. The van der Waals surface area contributed by atoms with Crippen molar-refractivity contribution < 1.29 is 9.59 Å². The summed E-state index contributed by atoms with van der Waals surface area (Å²) in [7, 11) is 0. The topological polar surface area (TPSA) is 99.3 Å². The van der Waals surface area contributed by atoms with Crippen molar-refractivity contribution in [2.75, 3.05) is 13.1 Å². The molecule has 1 saturated heterocycles. The number of aromatic nitrogens is 3. The Morgan fingerprint density at radius 2 is 1.84 bits per heavy atom. The molecule has 1 saturated carbocycles. The van der Waals surface area contributed by atoms with Gasteiger partial charge in [0.25, 0.3) is 11.5 Å². The Morgan fingerprint density at radius 1 is 1.06 bits per heavy atom. The van der Waals surface area contributed by atoms with E-state index in [0.717, 1.165) is 25.7 Å². The van der Waals surface area contributed by atoms with Crippen LogP contribution in [-0.2, 0) is 17.8 Å². The largest absolute Gasteiger partial charge is 0.333 e. The molecule has 5 rings (SSSR count). The fourth-order valence-corrected chi connectivity index (χ4v) is 5.40. The van der Waals surface area contributed by atoms with Crippen LogP contribution in [0.5, 0.6) is 0 Å². The smallest absolute Gasteiger partial charge is 0.254 e. The molecule has 0 bridgehead atoms. The number of carbonyl (C=O) groups excluding carboxylic acids is 2. The lowest BCUT2D eigenvalue weighted by atomic mass is 10.0. The number of rotatable bonds is 4. The van der Waals surface area contributed by atoms with Crippen LogP contribution in [0, 0.1) is 5.92 Å². The number of hydrogen-bond donors (Lipinski definition) is 1. The van der Waals surface area contributed by atoms with Gasteiger partial charge in [0.15, 0.2) is 0 Å². The second kappa shape index (κ2) is 8.84. The Labute approximate surface area is 187 Å². The SMILES string of the molecule is O=C(c1ccncc1)N1CCc2c(nc([C@@H]3CCCN3C(=O)CC3CCCC3)[nH]c2=O)C1. The number of pyridine rings is 1. The quantitative estimate of drug-likeness (QED) is 0.796. The Balaban J connectivity index is 1.36. The summed E-state index contributed by atoms with van der Waals surface area (Å²) in [5, 5.41) is 0. The maximum Gasteiger partial charge on any atom is 0.254 e. The van der Waals surface area contributed by atoms with Crippen LogP contribution < -0.4 is 5.56 Å². The molecule has 0 radical (unpaired) electrons. The van der Waals surface area contributed by atoms with Crippen molar-refractivity contribution in [2.45, 2.75) is 64.0 Å². The Bertz CT molecular complexity index is 1060. The molecule has 0 spiro atoms. The van der Waals surface area contributed by atoms with Crippen molar-refractivity contribution in [2.24, 2.45) is 5.92 Å². The van der Waals surface area contributed by atoms with Gasteiger partial charge in [0.2, 0.25) is 5.91 Å². The van der Waals surface area contributed by atoms with Gasteiger partial charge in [-0.2, -0.15) is 0 Å². The molecule has 2 fully saturated rings. The van der Waals surface area contributed by atoms with Crippen LogP contribution in [0.1, 0.15) is 78.4 Å². The van der Waals surface area contributed by atoms with Crippen molar-refractivity contribution >= 4 is 11.8 Å². The van der Waals surface area contributed by atoms with E-state index >= 15 is 0 Å². The number of fused-ring (bicyclic) bond motifs is 1. The minimum absolute atomic E-state index is 0.0871. The molecule has 0 unspecified atom stereocenters. The first-order valence-electron chi connectivity index (χ1n) is 11.7. The van der Waals surface area contributed by atoms with Crippen molar-refractivity contribution in [3.8, 4) is 0 Å². The molecule has 168 valence electrons. The van der Waals surface area contributed by atoms with Gasteiger partial charge in [0.1, 0.15) is 5.82 Å². The zero-order valence-corrected chi connectivity index (χ0v) is 18.3. The summed E-state index contributed by atoms with van der Waals surface area (Å²) in [5.74, 6) is 1.14. The summed E-state index contributed by atoms with van der Waals surface area (Å²) >= 11 is 0. The predicted octanol–water partition coefficient (Wildman–Crippen LogP) is 2.61. The summed E-state index contributed by atoms with van der Waals surface area (Å²) in [6, 6.07) is 3.20. The normalized spacial score (nSPS) is 21.1. The summed E-state index contributed by atoms with van der Waals surface area (Å²) in [6.45, 7) is 1.49. The number of nitrogens with one attached hydrogen (secondary N) is 1. The third kappa shape index (κ3) is 4.06. The first kappa shape index (κ1) is 20.8. The minimum Gasteiger partial charge on any atom is -0.333 e. The molecule has 3 aliphatic rings. The summed E-state index contributed by atoms with van der Waals surface area (Å²) < 4.78 is 0. The van der Waals surface area contributed by atoms with Crippen molar-refractivity contribution in [3.63, 3.8) is 0 Å². The molecular formula is C24H29N5O3. The first-order valence-corrected chi connectivity index (χ1v) is 11.7. The van der Waals surface area contributed by atoms with Crippen LogP contribution in [-0.4, -0.2) is 49.7 Å². The summed E-state index contributed by atoms with van der Waals surface area (Å²) in [5.41, 5.74) is 1.73. The average molecular weight is 436 g/mol. The highest BCUT2D eigenvalue weighted by molar-refractivity contribution is 5.94. The molecule has 8 nitrogen and oxygen atoms in total. The number of nitrogens with zero attached hydrogens (tertiary/aromatic N) is 4. The second-order valence-electron chi connectivity index (χ2n) is 9.19. The molecule has 2 aromatic heterocycles. The van der Waals surface area contributed by atoms with E-state index in [2.05, 4.69) is 9.97 Å². The van der Waals surface area contributed by atoms with Gasteiger partial charge in [-0.05, 0) is 50.2 Å². The predicted molar refractivity (Wildman–Crippen MR) is 118 cm³/mol. The molecule has 1 aliphatic carbocycles. The number of aromatic amines is 1. The maximum atomic E-state index is 13.0. The van der Waals surface area contributed by atoms with Crippen molar-refractivity contribution in [3.05, 3.63) is 57.5 Å². The Kier molecular flexibility index (Phi) is 5.76. The molecule has 0 aromatic carbocycles. The van der Waals surface area contributed by atoms with E-state index in [1.54, 1.807) is 29.4 Å². The third-order valence-electron chi connectivity index (χ3n) is 7.13. The van der Waals surface area contributed by atoms with Gasteiger partial charge in [-0.15, -0.1) is 0 Å². The van der Waals surface area contributed by atoms with Crippen molar-refractivity contribution in [1.29, 1.82) is 0 Å². The van der Waals surface area contributed by atoms with Crippen LogP contribution in [0.4, 0.5) is 0 Å². The molecule has 2 amide bonds. The van der Waals surface area contributed by atoms with Gasteiger partial charge >= 0.3 is 0 Å². The second-order valence-corrected chi connectivity index (χ2v) is 9.19. The molecule has 4 heterocycles. The fourth-order valence-electron chi connectivity index (χ4n) is 5.40. The minimum atomic E-state index is -0.187. The average Bonchev–Trinajstić information content (AvgIpc) is 3.51. The van der Waals surface area contributed by atoms with Gasteiger partial charge in [0.05, 0.1) is 18.3 Å². The van der Waals surface area contributed by atoms with Crippen LogP contribution in [0.3, 0.4) is 0 Å². The summed E-state index contributed by atoms with van der Waals surface area (Å²) in [4.78, 5) is 54.1.